The van der Waals surface area contributed by atoms with Crippen LogP contribution < -0.4 is 0 Å². The molecule has 0 aliphatic carbocycles. The zero-order chi connectivity index (χ0) is 16.2. The van der Waals surface area contributed by atoms with Gasteiger partial charge in [-0.05, 0) is 25.8 Å². The number of likely N-dealkylation sites (N-methyl/N-ethyl adjacent to an activating group) is 1. The van der Waals surface area contributed by atoms with Crippen molar-refractivity contribution in [1.82, 2.24) is 14.7 Å². The minimum Gasteiger partial charge on any atom is -0.481 e. The lowest BCUT2D eigenvalue weighted by Gasteiger charge is -2.41. The quantitative estimate of drug-likeness (QED) is 0.811. The molecular weight excluding hydrogens is 282 g/mol. The van der Waals surface area contributed by atoms with Crippen molar-refractivity contribution in [3.05, 3.63) is 0 Å². The van der Waals surface area contributed by atoms with E-state index in [1.165, 1.54) is 0 Å². The van der Waals surface area contributed by atoms with Crippen molar-refractivity contribution >= 4 is 11.9 Å². The Bertz CT molecular complexity index is 407. The normalized spacial score (nSPS) is 27.8. The Hall–Kier alpha value is -1.14. The van der Waals surface area contributed by atoms with Gasteiger partial charge < -0.3 is 14.9 Å². The maximum absolute atomic E-state index is 12.5. The predicted octanol–water partition coefficient (Wildman–Crippen LogP) is 0.727. The number of aliphatic carboxylic acids is 1. The van der Waals surface area contributed by atoms with Crippen LogP contribution in [0.1, 0.15) is 33.1 Å². The highest BCUT2D eigenvalue weighted by molar-refractivity contribution is 5.81. The highest BCUT2D eigenvalue weighted by atomic mass is 16.4. The number of carboxylic acids is 1. The van der Waals surface area contributed by atoms with Gasteiger partial charge in [-0.25, -0.2) is 0 Å². The maximum Gasteiger partial charge on any atom is 0.311 e. The van der Waals surface area contributed by atoms with Gasteiger partial charge in [0.15, 0.2) is 0 Å². The first-order valence-electron chi connectivity index (χ1n) is 8.46. The lowest BCUT2D eigenvalue weighted by molar-refractivity contribution is -0.155. The Morgan fingerprint density at radius 1 is 1.05 bits per heavy atom. The van der Waals surface area contributed by atoms with Crippen molar-refractivity contribution in [2.45, 2.75) is 33.1 Å². The summed E-state index contributed by atoms with van der Waals surface area (Å²) in [5, 5.41) is 9.51. The van der Waals surface area contributed by atoms with Crippen LogP contribution in [0.2, 0.25) is 0 Å². The third-order valence-corrected chi connectivity index (χ3v) is 5.33. The van der Waals surface area contributed by atoms with Crippen molar-refractivity contribution < 1.29 is 14.7 Å². The summed E-state index contributed by atoms with van der Waals surface area (Å²) in [7, 11) is 0. The summed E-state index contributed by atoms with van der Waals surface area (Å²) in [5.74, 6) is -0.673. The number of carbonyl (C=O) groups excluding carboxylic acids is 1. The van der Waals surface area contributed by atoms with Gasteiger partial charge in [0.25, 0.3) is 0 Å². The molecule has 2 heterocycles. The van der Waals surface area contributed by atoms with E-state index >= 15 is 0 Å². The molecule has 0 spiro atoms. The van der Waals surface area contributed by atoms with Crippen molar-refractivity contribution in [3.63, 3.8) is 0 Å². The average molecular weight is 311 g/mol. The van der Waals surface area contributed by atoms with Crippen LogP contribution in [0.4, 0.5) is 0 Å². The van der Waals surface area contributed by atoms with Crippen LogP contribution in [0.15, 0.2) is 0 Å². The third-order valence-electron chi connectivity index (χ3n) is 5.33. The van der Waals surface area contributed by atoms with E-state index in [-0.39, 0.29) is 5.91 Å². The van der Waals surface area contributed by atoms with Gasteiger partial charge in [0.05, 0.1) is 12.0 Å². The smallest absolute Gasteiger partial charge is 0.311 e. The number of hydrogen-bond donors (Lipinski definition) is 1. The van der Waals surface area contributed by atoms with Crippen LogP contribution >= 0.6 is 0 Å². The molecule has 2 saturated heterocycles. The SMILES string of the molecule is CCN1CCN(CC(=O)N2CCC[C@@](CC)(C(=O)O)C2)CC1. The highest BCUT2D eigenvalue weighted by Gasteiger charge is 2.42. The fourth-order valence-corrected chi connectivity index (χ4v) is 3.51. The minimum atomic E-state index is -0.760. The van der Waals surface area contributed by atoms with E-state index < -0.39 is 11.4 Å². The fraction of sp³-hybridized carbons (Fsp3) is 0.875. The summed E-state index contributed by atoms with van der Waals surface area (Å²) >= 11 is 0. The molecule has 0 aromatic rings. The first-order chi connectivity index (χ1) is 10.5. The maximum atomic E-state index is 12.5. The molecule has 0 saturated carbocycles. The molecule has 6 nitrogen and oxygen atoms in total. The molecule has 0 unspecified atom stereocenters. The van der Waals surface area contributed by atoms with Crippen LogP contribution in [0, 0.1) is 5.41 Å². The topological polar surface area (TPSA) is 64.1 Å². The third kappa shape index (κ3) is 3.79. The van der Waals surface area contributed by atoms with Crippen molar-refractivity contribution in [2.75, 3.05) is 52.4 Å². The molecule has 0 radical (unpaired) electrons. The monoisotopic (exact) mass is 311 g/mol. The van der Waals surface area contributed by atoms with Crippen LogP contribution in [-0.2, 0) is 9.59 Å². The number of nitrogens with zero attached hydrogens (tertiary/aromatic N) is 3. The molecule has 126 valence electrons. The highest BCUT2D eigenvalue weighted by Crippen LogP contribution is 2.33. The van der Waals surface area contributed by atoms with Gasteiger partial charge >= 0.3 is 5.97 Å². The van der Waals surface area contributed by atoms with E-state index in [1.807, 2.05) is 6.92 Å². The fourth-order valence-electron chi connectivity index (χ4n) is 3.51. The standard InChI is InChI=1S/C16H29N3O3/c1-3-16(15(21)22)6-5-7-19(13-16)14(20)12-18-10-8-17(4-2)9-11-18/h3-13H2,1-2H3,(H,21,22)/t16-/m1/s1. The number of amides is 1. The van der Waals surface area contributed by atoms with Crippen LogP contribution in [0.25, 0.3) is 0 Å². The summed E-state index contributed by atoms with van der Waals surface area (Å²) in [6.45, 7) is 10.5. The van der Waals surface area contributed by atoms with Gasteiger partial charge in [-0.2, -0.15) is 0 Å². The van der Waals surface area contributed by atoms with Crippen LogP contribution in [0.5, 0.6) is 0 Å². The van der Waals surface area contributed by atoms with Gasteiger partial charge in [-0.15, -0.1) is 0 Å². The summed E-state index contributed by atoms with van der Waals surface area (Å²) in [6, 6.07) is 0. The Kier molecular flexibility index (Phi) is 5.81. The second-order valence-electron chi connectivity index (χ2n) is 6.57. The number of likely N-dealkylation sites (tertiary alicyclic amines) is 1. The van der Waals surface area contributed by atoms with Gasteiger partial charge in [0.2, 0.25) is 5.91 Å². The number of hydrogen-bond acceptors (Lipinski definition) is 4. The molecule has 0 aromatic carbocycles. The number of piperazine rings is 1. The molecule has 0 bridgehead atoms. The van der Waals surface area contributed by atoms with E-state index in [2.05, 4.69) is 16.7 Å². The van der Waals surface area contributed by atoms with Crippen molar-refractivity contribution in [1.29, 1.82) is 0 Å². The molecule has 1 N–H and O–H groups in total. The molecule has 6 heteroatoms. The van der Waals surface area contributed by atoms with Gasteiger partial charge in [0.1, 0.15) is 0 Å². The van der Waals surface area contributed by atoms with Gasteiger partial charge in [0, 0.05) is 39.3 Å². The molecule has 0 aromatic heterocycles. The lowest BCUT2D eigenvalue weighted by Crippen LogP contribution is -2.54. The lowest BCUT2D eigenvalue weighted by atomic mass is 9.77. The predicted molar refractivity (Wildman–Crippen MR) is 84.7 cm³/mol. The summed E-state index contributed by atoms with van der Waals surface area (Å²) in [4.78, 5) is 30.4. The Balaban J connectivity index is 1.88. The Morgan fingerprint density at radius 2 is 1.68 bits per heavy atom. The van der Waals surface area contributed by atoms with Gasteiger partial charge in [-0.3, -0.25) is 14.5 Å². The van der Waals surface area contributed by atoms with E-state index in [1.54, 1.807) is 4.90 Å². The van der Waals surface area contributed by atoms with Crippen molar-refractivity contribution in [2.24, 2.45) is 5.41 Å². The Morgan fingerprint density at radius 3 is 2.23 bits per heavy atom. The second kappa shape index (κ2) is 7.42. The average Bonchev–Trinajstić information content (AvgIpc) is 2.55. The summed E-state index contributed by atoms with van der Waals surface area (Å²) < 4.78 is 0. The number of piperidine rings is 1. The van der Waals surface area contributed by atoms with E-state index in [0.29, 0.717) is 32.5 Å². The molecule has 1 atom stereocenters. The first-order valence-corrected chi connectivity index (χ1v) is 8.46. The zero-order valence-electron chi connectivity index (χ0n) is 13.9. The zero-order valence-corrected chi connectivity index (χ0v) is 13.9. The molecule has 2 rings (SSSR count). The Labute approximate surface area is 133 Å². The van der Waals surface area contributed by atoms with Gasteiger partial charge in [-0.1, -0.05) is 13.8 Å². The molecule has 2 aliphatic heterocycles. The molecule has 1 amide bonds. The molecule has 2 aliphatic rings. The van der Waals surface area contributed by atoms with Crippen LogP contribution in [0.3, 0.4) is 0 Å². The number of carbonyl (C=O) groups is 2. The van der Waals surface area contributed by atoms with Crippen molar-refractivity contribution in [3.8, 4) is 0 Å². The molecule has 22 heavy (non-hydrogen) atoms. The minimum absolute atomic E-state index is 0.0868. The number of rotatable bonds is 5. The second-order valence-corrected chi connectivity index (χ2v) is 6.57. The first kappa shape index (κ1) is 17.2. The van der Waals surface area contributed by atoms with E-state index in [9.17, 15) is 14.7 Å². The summed E-state index contributed by atoms with van der Waals surface area (Å²) in [5.41, 5.74) is -0.741. The molecular formula is C16H29N3O3. The van der Waals surface area contributed by atoms with E-state index in [4.69, 9.17) is 0 Å². The summed E-state index contributed by atoms with van der Waals surface area (Å²) in [6.07, 6.45) is 2.05. The number of carboxylic acid groups (broad SMARTS) is 1. The largest absolute Gasteiger partial charge is 0.481 e. The molecule has 2 fully saturated rings. The van der Waals surface area contributed by atoms with Crippen LogP contribution in [-0.4, -0.2) is 84.0 Å². The van der Waals surface area contributed by atoms with E-state index in [0.717, 1.165) is 39.1 Å².